The van der Waals surface area contributed by atoms with Gasteiger partial charge in [-0.15, -0.1) is 11.3 Å². The molecule has 0 saturated heterocycles. The molecule has 3 nitrogen and oxygen atoms in total. The van der Waals surface area contributed by atoms with E-state index in [0.29, 0.717) is 6.04 Å². The molecule has 0 N–H and O–H groups in total. The molecule has 0 radical (unpaired) electrons. The summed E-state index contributed by atoms with van der Waals surface area (Å²) >= 11 is 1.64. The number of thiazole rings is 1. The largest absolute Gasteiger partial charge is 0.270 e. The van der Waals surface area contributed by atoms with E-state index in [-0.39, 0.29) is 0 Å². The zero-order valence-electron chi connectivity index (χ0n) is 8.56. The fourth-order valence-electron chi connectivity index (χ4n) is 1.21. The molecule has 0 fully saturated rings. The highest BCUT2D eigenvalue weighted by molar-refractivity contribution is 7.13. The Kier molecular flexibility index (Phi) is 2.37. The normalized spacial score (nSPS) is 11.1. The van der Waals surface area contributed by atoms with Crippen molar-refractivity contribution in [1.29, 1.82) is 0 Å². The molecular weight excluding hydrogens is 194 g/mol. The molecule has 2 rings (SSSR count). The molecule has 0 saturated carbocycles. The summed E-state index contributed by atoms with van der Waals surface area (Å²) in [5.74, 6) is 0. The topological polar surface area (TPSA) is 30.7 Å². The van der Waals surface area contributed by atoms with Crippen LogP contribution in [0.2, 0.25) is 0 Å². The van der Waals surface area contributed by atoms with Gasteiger partial charge in [-0.25, -0.2) is 4.98 Å². The Morgan fingerprint density at radius 2 is 2.21 bits per heavy atom. The van der Waals surface area contributed by atoms with Gasteiger partial charge in [0, 0.05) is 23.3 Å². The number of hydrogen-bond donors (Lipinski definition) is 0. The summed E-state index contributed by atoms with van der Waals surface area (Å²) in [6.45, 7) is 6.23. The molecule has 0 aliphatic heterocycles. The Morgan fingerprint density at radius 1 is 1.43 bits per heavy atom. The van der Waals surface area contributed by atoms with Crippen LogP contribution in [0, 0.1) is 6.92 Å². The molecule has 0 aromatic carbocycles. The lowest BCUT2D eigenvalue weighted by atomic mass is 10.4. The van der Waals surface area contributed by atoms with Crippen LogP contribution in [-0.2, 0) is 0 Å². The molecule has 2 aromatic heterocycles. The first-order valence-electron chi connectivity index (χ1n) is 4.64. The zero-order valence-corrected chi connectivity index (χ0v) is 9.38. The molecule has 0 unspecified atom stereocenters. The van der Waals surface area contributed by atoms with E-state index < -0.39 is 0 Å². The van der Waals surface area contributed by atoms with Crippen LogP contribution in [0.3, 0.4) is 0 Å². The van der Waals surface area contributed by atoms with E-state index in [1.54, 1.807) is 11.3 Å². The highest BCUT2D eigenvalue weighted by Crippen LogP contribution is 2.22. The highest BCUT2D eigenvalue weighted by atomic mass is 32.1. The summed E-state index contributed by atoms with van der Waals surface area (Å²) in [7, 11) is 0. The van der Waals surface area contributed by atoms with Crippen molar-refractivity contribution in [3.63, 3.8) is 0 Å². The van der Waals surface area contributed by atoms with Crippen molar-refractivity contribution >= 4 is 11.3 Å². The number of hydrogen-bond acceptors (Lipinski definition) is 3. The first-order chi connectivity index (χ1) is 6.66. The number of nitrogens with zero attached hydrogens (tertiary/aromatic N) is 3. The van der Waals surface area contributed by atoms with Gasteiger partial charge in [0.1, 0.15) is 10.7 Å². The Balaban J connectivity index is 2.33. The number of rotatable bonds is 2. The standard InChI is InChI=1S/C10H13N3S/c1-7(2)13-5-4-9(12-13)10-11-8(3)6-14-10/h4-7H,1-3H3. The molecule has 0 spiro atoms. The summed E-state index contributed by atoms with van der Waals surface area (Å²) in [6.07, 6.45) is 2.00. The van der Waals surface area contributed by atoms with Crippen molar-refractivity contribution < 1.29 is 0 Å². The Morgan fingerprint density at radius 3 is 2.71 bits per heavy atom. The van der Waals surface area contributed by atoms with Crippen molar-refractivity contribution in [3.05, 3.63) is 23.3 Å². The van der Waals surface area contributed by atoms with Crippen LogP contribution >= 0.6 is 11.3 Å². The van der Waals surface area contributed by atoms with Crippen LogP contribution in [0.1, 0.15) is 25.6 Å². The third-order valence-electron chi connectivity index (χ3n) is 1.98. The van der Waals surface area contributed by atoms with E-state index in [9.17, 15) is 0 Å². The number of aromatic nitrogens is 3. The van der Waals surface area contributed by atoms with Crippen molar-refractivity contribution in [2.24, 2.45) is 0 Å². The summed E-state index contributed by atoms with van der Waals surface area (Å²) in [6, 6.07) is 2.42. The molecule has 0 aliphatic rings. The maximum absolute atomic E-state index is 4.46. The molecule has 0 atom stereocenters. The van der Waals surface area contributed by atoms with E-state index in [4.69, 9.17) is 0 Å². The minimum Gasteiger partial charge on any atom is -0.270 e. The Bertz CT molecular complexity index is 428. The fraction of sp³-hybridized carbons (Fsp3) is 0.400. The quantitative estimate of drug-likeness (QED) is 0.758. The highest BCUT2D eigenvalue weighted by Gasteiger charge is 2.07. The van der Waals surface area contributed by atoms with E-state index in [1.165, 1.54) is 0 Å². The van der Waals surface area contributed by atoms with Crippen LogP contribution < -0.4 is 0 Å². The summed E-state index contributed by atoms with van der Waals surface area (Å²) in [5.41, 5.74) is 2.03. The van der Waals surface area contributed by atoms with Gasteiger partial charge in [-0.05, 0) is 26.8 Å². The molecule has 0 aliphatic carbocycles. The van der Waals surface area contributed by atoms with Gasteiger partial charge < -0.3 is 0 Å². The van der Waals surface area contributed by atoms with Crippen LogP contribution in [0.25, 0.3) is 10.7 Å². The summed E-state index contributed by atoms with van der Waals surface area (Å²) in [4.78, 5) is 4.40. The van der Waals surface area contributed by atoms with Gasteiger partial charge in [-0.1, -0.05) is 0 Å². The first-order valence-corrected chi connectivity index (χ1v) is 5.52. The van der Waals surface area contributed by atoms with Crippen molar-refractivity contribution in [2.75, 3.05) is 0 Å². The third kappa shape index (κ3) is 1.70. The minimum atomic E-state index is 0.407. The predicted molar refractivity (Wildman–Crippen MR) is 58.5 cm³/mol. The van der Waals surface area contributed by atoms with E-state index >= 15 is 0 Å². The average Bonchev–Trinajstić information content (AvgIpc) is 2.70. The first kappa shape index (κ1) is 9.40. The number of aryl methyl sites for hydroxylation is 1. The van der Waals surface area contributed by atoms with Crippen LogP contribution in [0.15, 0.2) is 17.6 Å². The second-order valence-electron chi connectivity index (χ2n) is 3.57. The van der Waals surface area contributed by atoms with E-state index in [0.717, 1.165) is 16.4 Å². The van der Waals surface area contributed by atoms with Crippen molar-refractivity contribution in [1.82, 2.24) is 14.8 Å². The van der Waals surface area contributed by atoms with Crippen molar-refractivity contribution in [3.8, 4) is 10.7 Å². The lowest BCUT2D eigenvalue weighted by Crippen LogP contribution is -2.00. The van der Waals surface area contributed by atoms with Gasteiger partial charge in [-0.3, -0.25) is 4.68 Å². The third-order valence-corrected chi connectivity index (χ3v) is 2.96. The SMILES string of the molecule is Cc1csc(-c2ccn(C(C)C)n2)n1. The Labute approximate surface area is 87.4 Å². The van der Waals surface area contributed by atoms with Crippen LogP contribution in [0.4, 0.5) is 0 Å². The van der Waals surface area contributed by atoms with Gasteiger partial charge in [0.25, 0.3) is 0 Å². The molecular formula is C10H13N3S. The average molecular weight is 207 g/mol. The second kappa shape index (κ2) is 3.53. The molecule has 2 aromatic rings. The van der Waals surface area contributed by atoms with Gasteiger partial charge in [0.2, 0.25) is 0 Å². The van der Waals surface area contributed by atoms with Gasteiger partial charge in [0.15, 0.2) is 0 Å². The lowest BCUT2D eigenvalue weighted by Gasteiger charge is -2.02. The zero-order chi connectivity index (χ0) is 10.1. The van der Waals surface area contributed by atoms with Gasteiger partial charge >= 0.3 is 0 Å². The van der Waals surface area contributed by atoms with Crippen LogP contribution in [0.5, 0.6) is 0 Å². The summed E-state index contributed by atoms with van der Waals surface area (Å²) in [5, 5.41) is 7.51. The van der Waals surface area contributed by atoms with Crippen molar-refractivity contribution in [2.45, 2.75) is 26.8 Å². The Hall–Kier alpha value is -1.16. The predicted octanol–water partition coefficient (Wildman–Crippen LogP) is 2.90. The fourth-order valence-corrected chi connectivity index (χ4v) is 1.97. The second-order valence-corrected chi connectivity index (χ2v) is 4.43. The molecule has 4 heteroatoms. The van der Waals surface area contributed by atoms with E-state index in [1.807, 2.05) is 29.2 Å². The maximum Gasteiger partial charge on any atom is 0.143 e. The smallest absolute Gasteiger partial charge is 0.143 e. The van der Waals surface area contributed by atoms with Gasteiger partial charge in [-0.2, -0.15) is 5.10 Å². The van der Waals surface area contributed by atoms with Gasteiger partial charge in [0.05, 0.1) is 0 Å². The lowest BCUT2D eigenvalue weighted by molar-refractivity contribution is 0.534. The molecule has 0 bridgehead atoms. The minimum absolute atomic E-state index is 0.407. The molecule has 0 amide bonds. The van der Waals surface area contributed by atoms with Crippen LogP contribution in [-0.4, -0.2) is 14.8 Å². The summed E-state index contributed by atoms with van der Waals surface area (Å²) < 4.78 is 1.95. The maximum atomic E-state index is 4.46. The molecule has 14 heavy (non-hydrogen) atoms. The monoisotopic (exact) mass is 207 g/mol. The molecule has 74 valence electrons. The van der Waals surface area contributed by atoms with E-state index in [2.05, 4.69) is 23.9 Å². The molecule has 2 heterocycles.